The van der Waals surface area contributed by atoms with E-state index in [0.29, 0.717) is 6.42 Å². The number of hydrogen-bond acceptors (Lipinski definition) is 3. The van der Waals surface area contributed by atoms with E-state index in [4.69, 9.17) is 4.74 Å². The number of carbonyl (C=O) groups excluding carboxylic acids is 1. The average molecular weight is 389 g/mol. The van der Waals surface area contributed by atoms with Crippen LogP contribution in [0.25, 0.3) is 0 Å². The molecule has 0 fully saturated rings. The summed E-state index contributed by atoms with van der Waals surface area (Å²) in [6.45, 7) is -1.13. The van der Waals surface area contributed by atoms with Crippen LogP contribution in [0.15, 0.2) is 42.5 Å². The van der Waals surface area contributed by atoms with Gasteiger partial charge in [-0.25, -0.2) is 0 Å². The second-order valence-corrected chi connectivity index (χ2v) is 5.39. The maximum absolute atomic E-state index is 13.0. The normalized spacial score (nSPS) is 11.4. The third kappa shape index (κ3) is 5.57. The van der Waals surface area contributed by atoms with Crippen LogP contribution in [0, 0.1) is 0 Å². The quantitative estimate of drug-likeness (QED) is 0.650. The molecule has 0 spiro atoms. The molecule has 27 heavy (non-hydrogen) atoms. The Labute approximate surface area is 151 Å². The highest BCUT2D eigenvalue weighted by Crippen LogP contribution is 2.35. The van der Waals surface area contributed by atoms with Crippen LogP contribution in [-0.4, -0.2) is 19.1 Å². The zero-order valence-electron chi connectivity index (χ0n) is 14.1. The lowest BCUT2D eigenvalue weighted by molar-refractivity contribution is -0.137. The van der Waals surface area contributed by atoms with Crippen LogP contribution in [0.4, 0.5) is 27.6 Å². The van der Waals surface area contributed by atoms with Gasteiger partial charge in [-0.05, 0) is 36.8 Å². The van der Waals surface area contributed by atoms with Crippen LogP contribution < -0.4 is 14.8 Å². The predicted octanol–water partition coefficient (Wildman–Crippen LogP) is 5.35. The van der Waals surface area contributed by atoms with E-state index in [0.717, 1.165) is 24.3 Å². The number of para-hydroxylation sites is 1. The third-order valence-electron chi connectivity index (χ3n) is 3.36. The molecule has 0 aliphatic heterocycles. The summed E-state index contributed by atoms with van der Waals surface area (Å²) < 4.78 is 73.5. The van der Waals surface area contributed by atoms with Gasteiger partial charge in [-0.1, -0.05) is 19.1 Å². The number of alkyl halides is 5. The number of anilines is 1. The van der Waals surface area contributed by atoms with Crippen LogP contribution in [0.3, 0.4) is 0 Å². The van der Waals surface area contributed by atoms with Gasteiger partial charge in [0.15, 0.2) is 0 Å². The maximum Gasteiger partial charge on any atom is 0.416 e. The summed E-state index contributed by atoms with van der Waals surface area (Å²) >= 11 is 0. The van der Waals surface area contributed by atoms with Crippen LogP contribution in [-0.2, 0) is 6.18 Å². The van der Waals surface area contributed by atoms with Crippen molar-refractivity contribution >= 4 is 11.6 Å². The largest absolute Gasteiger partial charge is 0.491 e. The molecule has 2 aromatic carbocycles. The summed E-state index contributed by atoms with van der Waals surface area (Å²) in [4.78, 5) is 12.4. The van der Waals surface area contributed by atoms with Crippen LogP contribution in [0.1, 0.15) is 29.3 Å². The van der Waals surface area contributed by atoms with Crippen molar-refractivity contribution in [3.63, 3.8) is 0 Å². The molecule has 0 atom stereocenters. The Kier molecular flexibility index (Phi) is 6.59. The standard InChI is InChI=1S/C18H16F5NO3/c1-2-9-26-15-8-7-11(18(21,22)23)10-13(15)24-16(25)12-5-3-4-6-14(12)27-17(19)20/h3-8,10,17H,2,9H2,1H3,(H,24,25). The molecule has 0 aliphatic rings. The zero-order chi connectivity index (χ0) is 20.0. The van der Waals surface area contributed by atoms with E-state index in [-0.39, 0.29) is 23.6 Å². The highest BCUT2D eigenvalue weighted by atomic mass is 19.4. The smallest absolute Gasteiger partial charge is 0.416 e. The Morgan fingerprint density at radius 1 is 1.11 bits per heavy atom. The van der Waals surface area contributed by atoms with E-state index in [1.807, 2.05) is 0 Å². The predicted molar refractivity (Wildman–Crippen MR) is 88.3 cm³/mol. The molecule has 2 aromatic rings. The molecule has 2 rings (SSSR count). The van der Waals surface area contributed by atoms with Crippen molar-refractivity contribution in [3.05, 3.63) is 53.6 Å². The fourth-order valence-electron chi connectivity index (χ4n) is 2.18. The molecule has 0 saturated heterocycles. The molecule has 0 bridgehead atoms. The average Bonchev–Trinajstić information content (AvgIpc) is 2.59. The summed E-state index contributed by atoms with van der Waals surface area (Å²) in [5, 5.41) is 2.27. The zero-order valence-corrected chi connectivity index (χ0v) is 14.1. The summed E-state index contributed by atoms with van der Waals surface area (Å²) in [5.41, 5.74) is -1.47. The minimum atomic E-state index is -4.63. The number of amides is 1. The molecular formula is C18H16F5NO3. The van der Waals surface area contributed by atoms with E-state index < -0.39 is 30.0 Å². The van der Waals surface area contributed by atoms with E-state index >= 15 is 0 Å². The number of rotatable bonds is 7. The number of halogens is 5. The Morgan fingerprint density at radius 2 is 1.81 bits per heavy atom. The first-order valence-electron chi connectivity index (χ1n) is 7.91. The van der Waals surface area contributed by atoms with Gasteiger partial charge < -0.3 is 14.8 Å². The van der Waals surface area contributed by atoms with Gasteiger partial charge in [-0.15, -0.1) is 0 Å². The number of carbonyl (C=O) groups is 1. The minimum absolute atomic E-state index is 0.0328. The van der Waals surface area contributed by atoms with Gasteiger partial charge in [0.2, 0.25) is 0 Å². The molecule has 0 saturated carbocycles. The molecule has 9 heteroatoms. The van der Waals surface area contributed by atoms with Crippen molar-refractivity contribution in [2.75, 3.05) is 11.9 Å². The number of benzene rings is 2. The lowest BCUT2D eigenvalue weighted by Gasteiger charge is -2.16. The van der Waals surface area contributed by atoms with Crippen molar-refractivity contribution in [1.29, 1.82) is 0 Å². The number of nitrogens with one attached hydrogen (secondary N) is 1. The molecule has 0 radical (unpaired) electrons. The first-order valence-corrected chi connectivity index (χ1v) is 7.91. The number of ether oxygens (including phenoxy) is 2. The highest BCUT2D eigenvalue weighted by Gasteiger charge is 2.31. The van der Waals surface area contributed by atoms with Gasteiger partial charge in [0.25, 0.3) is 5.91 Å². The van der Waals surface area contributed by atoms with Crippen LogP contribution in [0.2, 0.25) is 0 Å². The van der Waals surface area contributed by atoms with E-state index in [9.17, 15) is 26.7 Å². The monoisotopic (exact) mass is 389 g/mol. The minimum Gasteiger partial charge on any atom is -0.491 e. The van der Waals surface area contributed by atoms with Crippen LogP contribution >= 0.6 is 0 Å². The summed E-state index contributed by atoms with van der Waals surface area (Å²) in [6, 6.07) is 7.81. The van der Waals surface area contributed by atoms with Crippen molar-refractivity contribution < 1.29 is 36.2 Å². The van der Waals surface area contributed by atoms with E-state index in [2.05, 4.69) is 10.1 Å². The second kappa shape index (κ2) is 8.70. The molecule has 0 aliphatic carbocycles. The SMILES string of the molecule is CCCOc1ccc(C(F)(F)F)cc1NC(=O)c1ccccc1OC(F)F. The van der Waals surface area contributed by atoms with Gasteiger partial charge in [0, 0.05) is 0 Å². The van der Waals surface area contributed by atoms with Crippen molar-refractivity contribution in [2.45, 2.75) is 26.1 Å². The van der Waals surface area contributed by atoms with Gasteiger partial charge in [0.05, 0.1) is 23.4 Å². The Hall–Kier alpha value is -2.84. The van der Waals surface area contributed by atoms with Crippen molar-refractivity contribution in [2.24, 2.45) is 0 Å². The second-order valence-electron chi connectivity index (χ2n) is 5.39. The summed E-state index contributed by atoms with van der Waals surface area (Å²) in [5.74, 6) is -1.27. The van der Waals surface area contributed by atoms with Gasteiger partial charge in [-0.3, -0.25) is 4.79 Å². The molecule has 1 N–H and O–H groups in total. The first-order chi connectivity index (χ1) is 12.7. The highest BCUT2D eigenvalue weighted by molar-refractivity contribution is 6.06. The summed E-state index contributed by atoms with van der Waals surface area (Å²) in [6.07, 6.45) is -4.03. The Bertz CT molecular complexity index is 793. The topological polar surface area (TPSA) is 47.6 Å². The lowest BCUT2D eigenvalue weighted by Crippen LogP contribution is -2.16. The molecular weight excluding hydrogens is 373 g/mol. The summed E-state index contributed by atoms with van der Waals surface area (Å²) in [7, 11) is 0. The molecule has 0 aromatic heterocycles. The van der Waals surface area contributed by atoms with Crippen molar-refractivity contribution in [3.8, 4) is 11.5 Å². The molecule has 1 amide bonds. The van der Waals surface area contributed by atoms with Gasteiger partial charge in [0.1, 0.15) is 11.5 Å². The van der Waals surface area contributed by atoms with Gasteiger partial charge in [-0.2, -0.15) is 22.0 Å². The first kappa shape index (κ1) is 20.5. The van der Waals surface area contributed by atoms with E-state index in [1.54, 1.807) is 6.92 Å². The Morgan fingerprint density at radius 3 is 2.44 bits per heavy atom. The number of hydrogen-bond donors (Lipinski definition) is 1. The van der Waals surface area contributed by atoms with Gasteiger partial charge >= 0.3 is 12.8 Å². The molecule has 0 heterocycles. The maximum atomic E-state index is 13.0. The third-order valence-corrected chi connectivity index (χ3v) is 3.36. The lowest BCUT2D eigenvalue weighted by atomic mass is 10.1. The fraction of sp³-hybridized carbons (Fsp3) is 0.278. The fourth-order valence-corrected chi connectivity index (χ4v) is 2.18. The molecule has 0 unspecified atom stereocenters. The Balaban J connectivity index is 2.35. The molecule has 146 valence electrons. The van der Waals surface area contributed by atoms with E-state index in [1.165, 1.54) is 18.2 Å². The molecule has 4 nitrogen and oxygen atoms in total. The van der Waals surface area contributed by atoms with Crippen molar-refractivity contribution in [1.82, 2.24) is 0 Å². The van der Waals surface area contributed by atoms with Crippen LogP contribution in [0.5, 0.6) is 11.5 Å².